The van der Waals surface area contributed by atoms with Crippen molar-refractivity contribution < 1.29 is 0 Å². The first-order valence-corrected chi connectivity index (χ1v) is 5.84. The molecule has 0 amide bonds. The van der Waals surface area contributed by atoms with E-state index in [1.54, 1.807) is 0 Å². The van der Waals surface area contributed by atoms with Gasteiger partial charge < -0.3 is 0 Å². The first kappa shape index (κ1) is 11.1. The van der Waals surface area contributed by atoms with Crippen LogP contribution in [-0.2, 0) is 0 Å². The maximum absolute atomic E-state index is 4.46. The zero-order valence-corrected chi connectivity index (χ0v) is 10.5. The van der Waals surface area contributed by atoms with Crippen molar-refractivity contribution >= 4 is 6.21 Å². The Bertz CT molecular complexity index is 442. The Labute approximate surface area is 98.0 Å². The Balaban J connectivity index is 2.57. The molecule has 1 heterocycles. The summed E-state index contributed by atoms with van der Waals surface area (Å²) in [6.45, 7) is 8.78. The highest BCUT2D eigenvalue weighted by atomic mass is 14.7. The quantitative estimate of drug-likeness (QED) is 0.575. The standard InChI is InChI=1S/C15H19N/c1-11-6-5-7-13-10-16-12(2)9-15(3,4)14(13)8-11/h5-11H,1-4H3. The Kier molecular flexibility index (Phi) is 2.71. The van der Waals surface area contributed by atoms with Gasteiger partial charge in [0.2, 0.25) is 0 Å². The van der Waals surface area contributed by atoms with E-state index >= 15 is 0 Å². The molecule has 1 atom stereocenters. The zero-order chi connectivity index (χ0) is 11.8. The third-order valence-electron chi connectivity index (χ3n) is 3.10. The molecule has 0 N–H and O–H groups in total. The van der Waals surface area contributed by atoms with E-state index in [0.29, 0.717) is 5.92 Å². The number of aliphatic imine (C=N–C) groups is 1. The van der Waals surface area contributed by atoms with Crippen LogP contribution in [0.15, 0.2) is 52.2 Å². The highest BCUT2D eigenvalue weighted by Gasteiger charge is 2.25. The molecule has 0 bridgehead atoms. The first-order valence-electron chi connectivity index (χ1n) is 5.84. The van der Waals surface area contributed by atoms with Crippen molar-refractivity contribution in [1.82, 2.24) is 0 Å². The van der Waals surface area contributed by atoms with Gasteiger partial charge in [0.25, 0.3) is 0 Å². The zero-order valence-electron chi connectivity index (χ0n) is 10.5. The van der Waals surface area contributed by atoms with E-state index in [0.717, 1.165) is 5.70 Å². The average molecular weight is 213 g/mol. The number of hydrogen-bond acceptors (Lipinski definition) is 1. The lowest BCUT2D eigenvalue weighted by atomic mass is 9.79. The normalized spacial score (nSPS) is 27.2. The lowest BCUT2D eigenvalue weighted by molar-refractivity contribution is 0.582. The molecule has 1 aliphatic carbocycles. The molecular weight excluding hydrogens is 194 g/mol. The second-order valence-electron chi connectivity index (χ2n) is 5.21. The SMILES string of the molecule is CC1=CC(C)(C)C2=CC(C)C=CC=C2C=N1. The minimum atomic E-state index is 0.0622. The molecule has 1 aliphatic heterocycles. The van der Waals surface area contributed by atoms with Crippen LogP contribution < -0.4 is 0 Å². The number of nitrogens with zero attached hydrogens (tertiary/aromatic N) is 1. The summed E-state index contributed by atoms with van der Waals surface area (Å²) >= 11 is 0. The average Bonchev–Trinajstić information content (AvgIpc) is 2.41. The Hall–Kier alpha value is -1.37. The van der Waals surface area contributed by atoms with Crippen LogP contribution in [-0.4, -0.2) is 6.21 Å². The van der Waals surface area contributed by atoms with Gasteiger partial charge in [-0.05, 0) is 24.0 Å². The number of fused-ring (bicyclic) bond motifs is 1. The molecule has 0 aromatic rings. The predicted molar refractivity (Wildman–Crippen MR) is 70.5 cm³/mol. The molecule has 16 heavy (non-hydrogen) atoms. The molecule has 0 spiro atoms. The lowest BCUT2D eigenvalue weighted by Crippen LogP contribution is -2.14. The van der Waals surface area contributed by atoms with E-state index in [1.165, 1.54) is 11.1 Å². The molecule has 2 rings (SSSR count). The molecule has 1 nitrogen and oxygen atoms in total. The fourth-order valence-electron chi connectivity index (χ4n) is 2.35. The van der Waals surface area contributed by atoms with Crippen LogP contribution in [0.2, 0.25) is 0 Å². The van der Waals surface area contributed by atoms with Gasteiger partial charge in [-0.1, -0.05) is 51.2 Å². The van der Waals surface area contributed by atoms with Crippen molar-refractivity contribution in [3.8, 4) is 0 Å². The summed E-state index contributed by atoms with van der Waals surface area (Å²) in [5.41, 5.74) is 3.77. The van der Waals surface area contributed by atoms with Gasteiger partial charge in [0.15, 0.2) is 0 Å². The number of allylic oxidation sites excluding steroid dienone is 8. The van der Waals surface area contributed by atoms with Crippen LogP contribution in [0.1, 0.15) is 27.7 Å². The van der Waals surface area contributed by atoms with Crippen molar-refractivity contribution in [1.29, 1.82) is 0 Å². The molecule has 0 aromatic heterocycles. The topological polar surface area (TPSA) is 12.4 Å². The maximum atomic E-state index is 4.46. The fourth-order valence-corrected chi connectivity index (χ4v) is 2.35. The number of hydrogen-bond donors (Lipinski definition) is 0. The van der Waals surface area contributed by atoms with Crippen LogP contribution in [0.4, 0.5) is 0 Å². The summed E-state index contributed by atoms with van der Waals surface area (Å²) in [4.78, 5) is 4.46. The predicted octanol–water partition coefficient (Wildman–Crippen LogP) is 4.06. The molecule has 2 aliphatic rings. The van der Waals surface area contributed by atoms with E-state index in [2.05, 4.69) is 63.1 Å². The largest absolute Gasteiger partial charge is 0.261 e. The van der Waals surface area contributed by atoms with E-state index in [4.69, 9.17) is 0 Å². The van der Waals surface area contributed by atoms with Gasteiger partial charge in [0.1, 0.15) is 0 Å². The van der Waals surface area contributed by atoms with Crippen LogP contribution in [0.25, 0.3) is 0 Å². The van der Waals surface area contributed by atoms with E-state index in [1.807, 2.05) is 6.21 Å². The maximum Gasteiger partial charge on any atom is 0.0346 e. The Morgan fingerprint density at radius 1 is 1.31 bits per heavy atom. The van der Waals surface area contributed by atoms with Crippen LogP contribution in [0, 0.1) is 11.3 Å². The van der Waals surface area contributed by atoms with E-state index in [9.17, 15) is 0 Å². The van der Waals surface area contributed by atoms with Crippen molar-refractivity contribution in [3.63, 3.8) is 0 Å². The molecule has 84 valence electrons. The highest BCUT2D eigenvalue weighted by molar-refractivity contribution is 5.87. The van der Waals surface area contributed by atoms with Gasteiger partial charge in [-0.25, -0.2) is 0 Å². The minimum absolute atomic E-state index is 0.0622. The molecule has 1 unspecified atom stereocenters. The van der Waals surface area contributed by atoms with Crippen LogP contribution in [0.3, 0.4) is 0 Å². The van der Waals surface area contributed by atoms with E-state index < -0.39 is 0 Å². The second-order valence-corrected chi connectivity index (χ2v) is 5.21. The summed E-state index contributed by atoms with van der Waals surface area (Å²) in [6, 6.07) is 0. The van der Waals surface area contributed by atoms with Crippen molar-refractivity contribution in [2.75, 3.05) is 0 Å². The van der Waals surface area contributed by atoms with Gasteiger partial charge >= 0.3 is 0 Å². The molecule has 0 radical (unpaired) electrons. The monoisotopic (exact) mass is 213 g/mol. The third-order valence-corrected chi connectivity index (χ3v) is 3.10. The van der Waals surface area contributed by atoms with Crippen LogP contribution in [0.5, 0.6) is 0 Å². The second kappa shape index (κ2) is 3.89. The van der Waals surface area contributed by atoms with Gasteiger partial charge in [-0.15, -0.1) is 0 Å². The minimum Gasteiger partial charge on any atom is -0.261 e. The summed E-state index contributed by atoms with van der Waals surface area (Å²) in [6.07, 6.45) is 13.1. The number of rotatable bonds is 0. The van der Waals surface area contributed by atoms with E-state index in [-0.39, 0.29) is 5.41 Å². The van der Waals surface area contributed by atoms with Crippen molar-refractivity contribution in [2.24, 2.45) is 16.3 Å². The first-order chi connectivity index (χ1) is 7.49. The molecule has 0 aromatic carbocycles. The highest BCUT2D eigenvalue weighted by Crippen LogP contribution is 2.37. The molecule has 0 saturated carbocycles. The fraction of sp³-hybridized carbons (Fsp3) is 0.400. The molecule has 0 fully saturated rings. The van der Waals surface area contributed by atoms with Gasteiger partial charge in [-0.2, -0.15) is 0 Å². The lowest BCUT2D eigenvalue weighted by Gasteiger charge is -2.24. The molecular formula is C15H19N. The summed E-state index contributed by atoms with van der Waals surface area (Å²) in [5, 5.41) is 0. The van der Waals surface area contributed by atoms with Gasteiger partial charge in [-0.3, -0.25) is 4.99 Å². The summed E-state index contributed by atoms with van der Waals surface area (Å²) in [5.74, 6) is 0.489. The molecule has 0 saturated heterocycles. The van der Waals surface area contributed by atoms with Crippen LogP contribution >= 0.6 is 0 Å². The molecule has 1 heteroatoms. The van der Waals surface area contributed by atoms with Crippen molar-refractivity contribution in [3.05, 3.63) is 47.2 Å². The van der Waals surface area contributed by atoms with Gasteiger partial charge in [0, 0.05) is 17.3 Å². The summed E-state index contributed by atoms with van der Waals surface area (Å²) < 4.78 is 0. The smallest absolute Gasteiger partial charge is 0.0346 e. The van der Waals surface area contributed by atoms with Gasteiger partial charge in [0.05, 0.1) is 0 Å². The van der Waals surface area contributed by atoms with Crippen molar-refractivity contribution in [2.45, 2.75) is 27.7 Å². The Morgan fingerprint density at radius 2 is 2.06 bits per heavy atom. The third kappa shape index (κ3) is 2.08. The Morgan fingerprint density at radius 3 is 2.81 bits per heavy atom. The summed E-state index contributed by atoms with van der Waals surface area (Å²) in [7, 11) is 0.